The van der Waals surface area contributed by atoms with Crippen LogP contribution in [0.4, 0.5) is 0 Å². The van der Waals surface area contributed by atoms with E-state index in [0.717, 1.165) is 24.0 Å². The van der Waals surface area contributed by atoms with Crippen LogP contribution in [-0.4, -0.2) is 24.0 Å². The summed E-state index contributed by atoms with van der Waals surface area (Å²) < 4.78 is 0. The van der Waals surface area contributed by atoms with Gasteiger partial charge in [-0.3, -0.25) is 4.90 Å². The average Bonchev–Trinajstić information content (AvgIpc) is 2.72. The predicted molar refractivity (Wildman–Crippen MR) is 91.6 cm³/mol. The van der Waals surface area contributed by atoms with Gasteiger partial charge in [-0.1, -0.05) is 49.9 Å². The maximum atomic E-state index is 6.21. The lowest BCUT2D eigenvalue weighted by atomic mass is 9.87. The summed E-state index contributed by atoms with van der Waals surface area (Å²) in [7, 11) is 2.23. The number of nitrogens with two attached hydrogens (primary N) is 1. The second kappa shape index (κ2) is 7.62. The molecule has 0 radical (unpaired) electrons. The number of benzene rings is 1. The summed E-state index contributed by atoms with van der Waals surface area (Å²) in [5, 5.41) is 0.801. The summed E-state index contributed by atoms with van der Waals surface area (Å²) in [6.45, 7) is 4.02. The summed E-state index contributed by atoms with van der Waals surface area (Å²) in [6, 6.07) is 8.18. The molecule has 21 heavy (non-hydrogen) atoms. The topological polar surface area (TPSA) is 29.3 Å². The van der Waals surface area contributed by atoms with Gasteiger partial charge in [0.2, 0.25) is 0 Å². The molecule has 2 unspecified atom stereocenters. The van der Waals surface area contributed by atoms with Crippen LogP contribution in [0.15, 0.2) is 24.3 Å². The van der Waals surface area contributed by atoms with Gasteiger partial charge in [0.1, 0.15) is 0 Å². The zero-order valence-corrected chi connectivity index (χ0v) is 14.2. The number of halogens is 1. The molecule has 0 spiro atoms. The molecule has 3 heteroatoms. The zero-order valence-electron chi connectivity index (χ0n) is 13.4. The molecule has 1 aromatic carbocycles. The number of likely N-dealkylation sites (N-methyl/N-ethyl adjacent to an activating group) is 1. The van der Waals surface area contributed by atoms with Crippen molar-refractivity contribution in [2.24, 2.45) is 11.7 Å². The Morgan fingerprint density at radius 1 is 1.24 bits per heavy atom. The van der Waals surface area contributed by atoms with Crippen LogP contribution in [0.3, 0.4) is 0 Å². The Kier molecular flexibility index (Phi) is 6.09. The van der Waals surface area contributed by atoms with Crippen LogP contribution in [0.5, 0.6) is 0 Å². The van der Waals surface area contributed by atoms with E-state index in [0.29, 0.717) is 0 Å². The van der Waals surface area contributed by atoms with Crippen LogP contribution >= 0.6 is 11.6 Å². The third-order valence-electron chi connectivity index (χ3n) is 5.37. The van der Waals surface area contributed by atoms with Gasteiger partial charge in [-0.2, -0.15) is 0 Å². The van der Waals surface area contributed by atoms with E-state index in [4.69, 9.17) is 17.3 Å². The Hall–Kier alpha value is -0.570. The fourth-order valence-electron chi connectivity index (χ4n) is 3.64. The molecule has 0 saturated heterocycles. The van der Waals surface area contributed by atoms with E-state index in [-0.39, 0.29) is 5.54 Å². The van der Waals surface area contributed by atoms with Crippen molar-refractivity contribution >= 4 is 11.6 Å². The fourth-order valence-corrected chi connectivity index (χ4v) is 3.77. The van der Waals surface area contributed by atoms with Gasteiger partial charge in [0.15, 0.2) is 0 Å². The summed E-state index contributed by atoms with van der Waals surface area (Å²) in [4.78, 5) is 2.48. The lowest BCUT2D eigenvalue weighted by molar-refractivity contribution is 0.0984. The third kappa shape index (κ3) is 4.21. The van der Waals surface area contributed by atoms with E-state index in [1.54, 1.807) is 0 Å². The van der Waals surface area contributed by atoms with Gasteiger partial charge < -0.3 is 5.73 Å². The van der Waals surface area contributed by atoms with Gasteiger partial charge in [-0.25, -0.2) is 0 Å². The van der Waals surface area contributed by atoms with E-state index < -0.39 is 0 Å². The van der Waals surface area contributed by atoms with E-state index >= 15 is 0 Å². The second-order valence-electron chi connectivity index (χ2n) is 6.62. The first-order chi connectivity index (χ1) is 10.1. The van der Waals surface area contributed by atoms with E-state index in [2.05, 4.69) is 31.0 Å². The minimum absolute atomic E-state index is 0.170. The fraction of sp³-hybridized carbons (Fsp3) is 0.667. The Balaban J connectivity index is 2.06. The molecular weight excluding hydrogens is 280 g/mol. The number of nitrogens with zero attached hydrogens (tertiary/aromatic N) is 1. The molecule has 2 atom stereocenters. The lowest BCUT2D eigenvalue weighted by Crippen LogP contribution is -2.51. The van der Waals surface area contributed by atoms with E-state index in [1.807, 2.05) is 12.1 Å². The SMILES string of the molecule is CCC1CCCC(CN)(N(C)Cc2ccc(Cl)cc2)CC1. The van der Waals surface area contributed by atoms with Crippen molar-refractivity contribution in [3.63, 3.8) is 0 Å². The van der Waals surface area contributed by atoms with Crippen LogP contribution in [0, 0.1) is 5.92 Å². The van der Waals surface area contributed by atoms with Gasteiger partial charge in [-0.15, -0.1) is 0 Å². The standard InChI is InChI=1S/C18H29ClN2/c1-3-15-5-4-11-18(14-20,12-10-15)21(2)13-16-6-8-17(19)9-7-16/h6-9,15H,3-5,10-14,20H2,1-2H3. The van der Waals surface area contributed by atoms with Crippen LogP contribution in [0.25, 0.3) is 0 Å². The van der Waals surface area contributed by atoms with Crippen molar-refractivity contribution < 1.29 is 0 Å². The van der Waals surface area contributed by atoms with Gasteiger partial charge in [0.25, 0.3) is 0 Å². The highest BCUT2D eigenvalue weighted by atomic mass is 35.5. The molecule has 1 fully saturated rings. The molecular formula is C18H29ClN2. The Morgan fingerprint density at radius 2 is 1.95 bits per heavy atom. The van der Waals surface area contributed by atoms with Gasteiger partial charge in [0, 0.05) is 23.7 Å². The number of rotatable bonds is 5. The van der Waals surface area contributed by atoms with Gasteiger partial charge in [0.05, 0.1) is 0 Å². The molecule has 0 heterocycles. The Labute approximate surface area is 134 Å². The largest absolute Gasteiger partial charge is 0.329 e. The minimum atomic E-state index is 0.170. The molecule has 0 amide bonds. The highest BCUT2D eigenvalue weighted by Crippen LogP contribution is 2.35. The molecule has 2 rings (SSSR count). The van der Waals surface area contributed by atoms with Crippen molar-refractivity contribution in [1.29, 1.82) is 0 Å². The molecule has 1 saturated carbocycles. The van der Waals surface area contributed by atoms with E-state index in [1.165, 1.54) is 44.1 Å². The maximum absolute atomic E-state index is 6.21. The molecule has 0 aliphatic heterocycles. The minimum Gasteiger partial charge on any atom is -0.329 e. The van der Waals surface area contributed by atoms with Crippen molar-refractivity contribution in [2.75, 3.05) is 13.6 Å². The summed E-state index contributed by atoms with van der Waals surface area (Å²) >= 11 is 5.97. The van der Waals surface area contributed by atoms with Crippen LogP contribution in [0.2, 0.25) is 5.02 Å². The third-order valence-corrected chi connectivity index (χ3v) is 5.62. The van der Waals surface area contributed by atoms with Crippen LogP contribution in [0.1, 0.15) is 51.0 Å². The molecule has 0 bridgehead atoms. The first-order valence-corrected chi connectivity index (χ1v) is 8.63. The normalized spacial score (nSPS) is 26.8. The van der Waals surface area contributed by atoms with Crippen molar-refractivity contribution in [3.05, 3.63) is 34.9 Å². The summed E-state index contributed by atoms with van der Waals surface area (Å²) in [5.74, 6) is 0.891. The Morgan fingerprint density at radius 3 is 2.57 bits per heavy atom. The monoisotopic (exact) mass is 308 g/mol. The highest BCUT2D eigenvalue weighted by molar-refractivity contribution is 6.30. The van der Waals surface area contributed by atoms with E-state index in [9.17, 15) is 0 Å². The molecule has 1 aliphatic carbocycles. The van der Waals surface area contributed by atoms with Gasteiger partial charge >= 0.3 is 0 Å². The van der Waals surface area contributed by atoms with Gasteiger partial charge in [-0.05, 0) is 49.9 Å². The summed E-state index contributed by atoms with van der Waals surface area (Å²) in [6.07, 6.45) is 7.75. The first-order valence-electron chi connectivity index (χ1n) is 8.25. The molecule has 0 aromatic heterocycles. The molecule has 1 aliphatic rings. The first kappa shape index (κ1) is 16.8. The van der Waals surface area contributed by atoms with Crippen molar-refractivity contribution in [1.82, 2.24) is 4.90 Å². The highest BCUT2D eigenvalue weighted by Gasteiger charge is 2.35. The van der Waals surface area contributed by atoms with Crippen molar-refractivity contribution in [2.45, 2.75) is 57.5 Å². The zero-order chi connectivity index (χ0) is 15.3. The number of hydrogen-bond donors (Lipinski definition) is 1. The lowest BCUT2D eigenvalue weighted by Gasteiger charge is -2.41. The Bertz CT molecular complexity index is 431. The quantitative estimate of drug-likeness (QED) is 0.814. The molecule has 118 valence electrons. The summed E-state index contributed by atoms with van der Waals surface area (Å²) in [5.41, 5.74) is 7.69. The molecule has 2 nitrogen and oxygen atoms in total. The van der Waals surface area contributed by atoms with Crippen LogP contribution in [-0.2, 0) is 6.54 Å². The predicted octanol–water partition coefficient (Wildman–Crippen LogP) is 4.46. The van der Waals surface area contributed by atoms with Crippen molar-refractivity contribution in [3.8, 4) is 0 Å². The smallest absolute Gasteiger partial charge is 0.0406 e. The maximum Gasteiger partial charge on any atom is 0.0406 e. The second-order valence-corrected chi connectivity index (χ2v) is 7.05. The number of hydrogen-bond acceptors (Lipinski definition) is 2. The average molecular weight is 309 g/mol. The molecule has 1 aromatic rings. The van der Waals surface area contributed by atoms with Crippen LogP contribution < -0.4 is 5.73 Å². The molecule has 2 N–H and O–H groups in total.